The van der Waals surface area contributed by atoms with Crippen LogP contribution in [0.2, 0.25) is 0 Å². The van der Waals surface area contributed by atoms with E-state index in [4.69, 9.17) is 0 Å². The van der Waals surface area contributed by atoms with Gasteiger partial charge in [0.25, 0.3) is 0 Å². The van der Waals surface area contributed by atoms with Gasteiger partial charge in [-0.05, 0) is 25.2 Å². The van der Waals surface area contributed by atoms with Gasteiger partial charge in [0.1, 0.15) is 0 Å². The first kappa shape index (κ1) is 9.66. The van der Waals surface area contributed by atoms with Gasteiger partial charge in [-0.15, -0.1) is 0 Å². The molecule has 0 aromatic heterocycles. The Hall–Kier alpha value is -0.430. The first-order valence-corrected chi connectivity index (χ1v) is 5.35. The lowest BCUT2D eigenvalue weighted by Gasteiger charge is -2.23. The lowest BCUT2D eigenvalue weighted by atomic mass is 10.0. The summed E-state index contributed by atoms with van der Waals surface area (Å²) in [6, 6.07) is 10.7. The van der Waals surface area contributed by atoms with Crippen molar-refractivity contribution in [2.75, 3.05) is 5.75 Å². The standard InChI is InChI=1S/C11H16S/c1-4-12-11(2,3)10-8-6-5-7-9-10/h5-9H,4H2,1-3H3. The first-order valence-electron chi connectivity index (χ1n) is 4.36. The molecular formula is C11H16S. The molecular weight excluding hydrogens is 164 g/mol. The van der Waals surface area contributed by atoms with Crippen LogP contribution in [0.1, 0.15) is 26.3 Å². The second kappa shape index (κ2) is 3.99. The molecule has 1 heteroatoms. The van der Waals surface area contributed by atoms with E-state index in [1.807, 2.05) is 11.8 Å². The van der Waals surface area contributed by atoms with Gasteiger partial charge in [-0.3, -0.25) is 0 Å². The monoisotopic (exact) mass is 180 g/mol. The quantitative estimate of drug-likeness (QED) is 0.684. The Morgan fingerprint density at radius 2 is 1.75 bits per heavy atom. The van der Waals surface area contributed by atoms with Crippen molar-refractivity contribution in [2.45, 2.75) is 25.5 Å². The summed E-state index contributed by atoms with van der Waals surface area (Å²) in [5.41, 5.74) is 1.41. The van der Waals surface area contributed by atoms with Gasteiger partial charge in [-0.2, -0.15) is 11.8 Å². The number of rotatable bonds is 3. The van der Waals surface area contributed by atoms with E-state index in [2.05, 4.69) is 51.1 Å². The van der Waals surface area contributed by atoms with Crippen LogP contribution in [0.15, 0.2) is 30.3 Å². The molecule has 0 heterocycles. The molecule has 0 nitrogen and oxygen atoms in total. The van der Waals surface area contributed by atoms with Crippen molar-refractivity contribution in [3.63, 3.8) is 0 Å². The van der Waals surface area contributed by atoms with Crippen LogP contribution in [-0.4, -0.2) is 5.75 Å². The van der Waals surface area contributed by atoms with Gasteiger partial charge in [0, 0.05) is 4.75 Å². The summed E-state index contributed by atoms with van der Waals surface area (Å²) in [6.07, 6.45) is 0. The average Bonchev–Trinajstić information content (AvgIpc) is 2.06. The lowest BCUT2D eigenvalue weighted by Crippen LogP contribution is -2.11. The van der Waals surface area contributed by atoms with E-state index in [1.54, 1.807) is 0 Å². The maximum absolute atomic E-state index is 2.27. The fourth-order valence-corrected chi connectivity index (χ4v) is 2.31. The van der Waals surface area contributed by atoms with Crippen LogP contribution in [0.4, 0.5) is 0 Å². The Labute approximate surface area is 79.4 Å². The maximum atomic E-state index is 2.27. The zero-order valence-corrected chi connectivity index (χ0v) is 8.82. The Kier molecular flexibility index (Phi) is 3.21. The molecule has 1 aromatic rings. The SMILES string of the molecule is CCSC(C)(C)c1ccccc1. The summed E-state index contributed by atoms with van der Waals surface area (Å²) in [5.74, 6) is 1.17. The summed E-state index contributed by atoms with van der Waals surface area (Å²) in [4.78, 5) is 0. The molecule has 0 fully saturated rings. The van der Waals surface area contributed by atoms with Crippen LogP contribution in [0.3, 0.4) is 0 Å². The Morgan fingerprint density at radius 1 is 1.17 bits per heavy atom. The van der Waals surface area contributed by atoms with Gasteiger partial charge >= 0.3 is 0 Å². The zero-order valence-electron chi connectivity index (χ0n) is 8.00. The third-order valence-electron chi connectivity index (χ3n) is 1.97. The van der Waals surface area contributed by atoms with Crippen molar-refractivity contribution in [3.05, 3.63) is 35.9 Å². The number of hydrogen-bond acceptors (Lipinski definition) is 1. The fraction of sp³-hybridized carbons (Fsp3) is 0.455. The topological polar surface area (TPSA) is 0 Å². The van der Waals surface area contributed by atoms with Gasteiger partial charge in [0.2, 0.25) is 0 Å². The van der Waals surface area contributed by atoms with Crippen LogP contribution >= 0.6 is 11.8 Å². The Bertz CT molecular complexity index is 226. The molecule has 0 bridgehead atoms. The molecule has 0 saturated carbocycles. The largest absolute Gasteiger partial charge is 0.151 e. The van der Waals surface area contributed by atoms with E-state index in [1.165, 1.54) is 11.3 Å². The molecule has 0 atom stereocenters. The van der Waals surface area contributed by atoms with Gasteiger partial charge in [0.15, 0.2) is 0 Å². The number of thioether (sulfide) groups is 1. The molecule has 0 amide bonds. The smallest absolute Gasteiger partial charge is 0.0352 e. The van der Waals surface area contributed by atoms with Gasteiger partial charge < -0.3 is 0 Å². The van der Waals surface area contributed by atoms with Crippen LogP contribution in [0, 0.1) is 0 Å². The van der Waals surface area contributed by atoms with Crippen molar-refractivity contribution in [1.29, 1.82) is 0 Å². The molecule has 1 aromatic carbocycles. The van der Waals surface area contributed by atoms with E-state index < -0.39 is 0 Å². The van der Waals surface area contributed by atoms with Crippen LogP contribution in [0.5, 0.6) is 0 Å². The van der Waals surface area contributed by atoms with Crippen molar-refractivity contribution >= 4 is 11.8 Å². The summed E-state index contributed by atoms with van der Waals surface area (Å²) in [5, 5.41) is 0. The van der Waals surface area contributed by atoms with Crippen LogP contribution in [-0.2, 0) is 4.75 Å². The summed E-state index contributed by atoms with van der Waals surface area (Å²) in [7, 11) is 0. The molecule has 0 spiro atoms. The van der Waals surface area contributed by atoms with Crippen LogP contribution < -0.4 is 0 Å². The third-order valence-corrected chi connectivity index (χ3v) is 3.22. The molecule has 0 aliphatic heterocycles. The highest BCUT2D eigenvalue weighted by Gasteiger charge is 2.18. The number of hydrogen-bond donors (Lipinski definition) is 0. The summed E-state index contributed by atoms with van der Waals surface area (Å²) in [6.45, 7) is 6.75. The summed E-state index contributed by atoms with van der Waals surface area (Å²) < 4.78 is 0.260. The molecule has 0 N–H and O–H groups in total. The first-order chi connectivity index (χ1) is 5.67. The normalized spacial score (nSPS) is 11.6. The highest BCUT2D eigenvalue weighted by Crippen LogP contribution is 2.34. The zero-order chi connectivity index (χ0) is 9.03. The second-order valence-electron chi connectivity index (χ2n) is 3.31. The van der Waals surface area contributed by atoms with Crippen molar-refractivity contribution in [3.8, 4) is 0 Å². The molecule has 0 aliphatic carbocycles. The fourth-order valence-electron chi connectivity index (χ4n) is 1.28. The Balaban J connectivity index is 2.82. The van der Waals surface area contributed by atoms with E-state index in [9.17, 15) is 0 Å². The average molecular weight is 180 g/mol. The minimum absolute atomic E-state index is 0.260. The third kappa shape index (κ3) is 2.28. The molecule has 1 rings (SSSR count). The molecule has 66 valence electrons. The highest BCUT2D eigenvalue weighted by atomic mass is 32.2. The van der Waals surface area contributed by atoms with Crippen LogP contribution in [0.25, 0.3) is 0 Å². The molecule has 0 radical (unpaired) electrons. The van der Waals surface area contributed by atoms with E-state index >= 15 is 0 Å². The highest BCUT2D eigenvalue weighted by molar-refractivity contribution is 8.00. The van der Waals surface area contributed by atoms with Crippen molar-refractivity contribution in [2.24, 2.45) is 0 Å². The number of benzene rings is 1. The predicted octanol–water partition coefficient (Wildman–Crippen LogP) is 3.67. The summed E-state index contributed by atoms with van der Waals surface area (Å²) >= 11 is 1.99. The minimum atomic E-state index is 0.260. The van der Waals surface area contributed by atoms with Gasteiger partial charge in [-0.25, -0.2) is 0 Å². The van der Waals surface area contributed by atoms with E-state index in [0.717, 1.165) is 0 Å². The van der Waals surface area contributed by atoms with E-state index in [0.29, 0.717) is 0 Å². The second-order valence-corrected chi connectivity index (χ2v) is 5.20. The lowest BCUT2D eigenvalue weighted by molar-refractivity contribution is 0.782. The minimum Gasteiger partial charge on any atom is -0.151 e. The van der Waals surface area contributed by atoms with Gasteiger partial charge in [0.05, 0.1) is 0 Å². The Morgan fingerprint density at radius 3 is 2.25 bits per heavy atom. The van der Waals surface area contributed by atoms with Crippen molar-refractivity contribution < 1.29 is 0 Å². The molecule has 0 saturated heterocycles. The van der Waals surface area contributed by atoms with Crippen molar-refractivity contribution in [1.82, 2.24) is 0 Å². The molecule has 0 unspecified atom stereocenters. The predicted molar refractivity (Wildman–Crippen MR) is 57.6 cm³/mol. The maximum Gasteiger partial charge on any atom is 0.0352 e. The van der Waals surface area contributed by atoms with Gasteiger partial charge in [-0.1, -0.05) is 37.3 Å². The van der Waals surface area contributed by atoms with E-state index in [-0.39, 0.29) is 4.75 Å². The molecule has 0 aliphatic rings. The molecule has 12 heavy (non-hydrogen) atoms.